The highest BCUT2D eigenvalue weighted by molar-refractivity contribution is 7.99. The van der Waals surface area contributed by atoms with Crippen LogP contribution in [0.2, 0.25) is 0 Å². The number of anilines is 1. The summed E-state index contributed by atoms with van der Waals surface area (Å²) >= 11 is 2.01. The Kier molecular flexibility index (Phi) is 4.48. The van der Waals surface area contributed by atoms with Crippen molar-refractivity contribution in [1.82, 2.24) is 0 Å². The Hall–Kier alpha value is -1.21. The molecule has 2 unspecified atom stereocenters. The normalized spacial score (nSPS) is 22.7. The summed E-state index contributed by atoms with van der Waals surface area (Å²) in [7, 11) is 0. The van der Waals surface area contributed by atoms with Crippen LogP contribution in [0.15, 0.2) is 18.2 Å². The Morgan fingerprint density at radius 3 is 3.00 bits per heavy atom. The Labute approximate surface area is 112 Å². The third kappa shape index (κ3) is 3.17. The molecule has 1 saturated carbocycles. The number of thioether (sulfide) groups is 1. The summed E-state index contributed by atoms with van der Waals surface area (Å²) in [6.07, 6.45) is 3.51. The predicted octanol–water partition coefficient (Wildman–Crippen LogP) is 3.78. The number of hydrogen-bond donors (Lipinski definition) is 1. The fourth-order valence-corrected chi connectivity index (χ4v) is 3.53. The molecule has 2 rings (SSSR count). The van der Waals surface area contributed by atoms with Crippen LogP contribution >= 0.6 is 11.8 Å². The van der Waals surface area contributed by atoms with Crippen molar-refractivity contribution in [3.05, 3.63) is 29.6 Å². The van der Waals surface area contributed by atoms with Gasteiger partial charge in [-0.3, -0.25) is 0 Å². The first-order chi connectivity index (χ1) is 8.72. The molecule has 1 fully saturated rings. The van der Waals surface area contributed by atoms with Crippen LogP contribution < -0.4 is 5.32 Å². The van der Waals surface area contributed by atoms with E-state index < -0.39 is 5.82 Å². The molecule has 0 heterocycles. The number of rotatable bonds is 4. The van der Waals surface area contributed by atoms with E-state index in [0.29, 0.717) is 6.04 Å². The molecule has 0 aromatic heterocycles. The molecule has 0 aliphatic heterocycles. The highest BCUT2D eigenvalue weighted by Gasteiger charge is 2.24. The van der Waals surface area contributed by atoms with E-state index in [9.17, 15) is 4.39 Å². The Bertz CT molecular complexity index is 456. The molecule has 1 aliphatic carbocycles. The Morgan fingerprint density at radius 2 is 2.33 bits per heavy atom. The monoisotopic (exact) mass is 264 g/mol. The molecule has 0 saturated heterocycles. The second-order valence-electron chi connectivity index (χ2n) is 4.54. The van der Waals surface area contributed by atoms with Crippen LogP contribution in [0.25, 0.3) is 0 Å². The van der Waals surface area contributed by atoms with Crippen molar-refractivity contribution in [2.24, 2.45) is 0 Å². The van der Waals surface area contributed by atoms with Crippen LogP contribution in [0.4, 0.5) is 10.1 Å². The van der Waals surface area contributed by atoms with Crippen LogP contribution in [-0.2, 0) is 0 Å². The fraction of sp³-hybridized carbons (Fsp3) is 0.500. The van der Waals surface area contributed by atoms with Crippen molar-refractivity contribution in [3.8, 4) is 6.07 Å². The standard InChI is InChI=1S/C14H17FN2S/c1-2-18-13-6-5-11(7-13)17-12-4-3-10(9-16)14(15)8-12/h3-4,8,11,13,17H,2,5-7H2,1H3. The number of benzene rings is 1. The number of halogens is 1. The molecule has 1 aromatic rings. The van der Waals surface area contributed by atoms with Gasteiger partial charge in [-0.25, -0.2) is 4.39 Å². The lowest BCUT2D eigenvalue weighted by Crippen LogP contribution is -2.16. The number of hydrogen-bond acceptors (Lipinski definition) is 3. The molecule has 2 nitrogen and oxygen atoms in total. The van der Waals surface area contributed by atoms with Gasteiger partial charge in [0.05, 0.1) is 5.56 Å². The molecular formula is C14H17FN2S. The maximum Gasteiger partial charge on any atom is 0.143 e. The van der Waals surface area contributed by atoms with Crippen molar-refractivity contribution in [2.75, 3.05) is 11.1 Å². The van der Waals surface area contributed by atoms with Crippen LogP contribution in [0.3, 0.4) is 0 Å². The Balaban J connectivity index is 1.95. The van der Waals surface area contributed by atoms with Gasteiger partial charge in [0, 0.05) is 17.0 Å². The van der Waals surface area contributed by atoms with Gasteiger partial charge < -0.3 is 5.32 Å². The molecule has 0 spiro atoms. The zero-order chi connectivity index (χ0) is 13.0. The maximum atomic E-state index is 13.5. The van der Waals surface area contributed by atoms with E-state index in [1.807, 2.05) is 17.8 Å². The van der Waals surface area contributed by atoms with Crippen molar-refractivity contribution in [3.63, 3.8) is 0 Å². The fourth-order valence-electron chi connectivity index (χ4n) is 2.39. The molecule has 0 radical (unpaired) electrons. The number of nitrogens with one attached hydrogen (secondary N) is 1. The van der Waals surface area contributed by atoms with Gasteiger partial charge >= 0.3 is 0 Å². The summed E-state index contributed by atoms with van der Waals surface area (Å²) in [5, 5.41) is 12.8. The Morgan fingerprint density at radius 1 is 1.50 bits per heavy atom. The van der Waals surface area contributed by atoms with Crippen molar-refractivity contribution >= 4 is 17.4 Å². The molecule has 1 aromatic carbocycles. The van der Waals surface area contributed by atoms with Gasteiger partial charge in [0.15, 0.2) is 0 Å². The van der Waals surface area contributed by atoms with Gasteiger partial charge in [-0.1, -0.05) is 6.92 Å². The molecular weight excluding hydrogens is 247 g/mol. The summed E-state index contributed by atoms with van der Waals surface area (Å²) in [6, 6.07) is 6.99. The second-order valence-corrected chi connectivity index (χ2v) is 6.12. The van der Waals surface area contributed by atoms with E-state index in [1.54, 1.807) is 6.07 Å². The van der Waals surface area contributed by atoms with Gasteiger partial charge in [0.2, 0.25) is 0 Å². The van der Waals surface area contributed by atoms with E-state index in [-0.39, 0.29) is 5.56 Å². The summed E-state index contributed by atoms with van der Waals surface area (Å²) in [4.78, 5) is 0. The third-order valence-corrected chi connectivity index (χ3v) is 4.48. The molecule has 0 bridgehead atoms. The van der Waals surface area contributed by atoms with E-state index in [0.717, 1.165) is 29.5 Å². The zero-order valence-corrected chi connectivity index (χ0v) is 11.3. The van der Waals surface area contributed by atoms with Crippen molar-refractivity contribution in [2.45, 2.75) is 37.5 Å². The molecule has 2 atom stereocenters. The molecule has 1 aliphatic rings. The quantitative estimate of drug-likeness (QED) is 0.899. The predicted molar refractivity (Wildman–Crippen MR) is 74.3 cm³/mol. The lowest BCUT2D eigenvalue weighted by molar-refractivity contribution is 0.623. The smallest absolute Gasteiger partial charge is 0.143 e. The van der Waals surface area contributed by atoms with E-state index >= 15 is 0 Å². The van der Waals surface area contributed by atoms with Crippen molar-refractivity contribution < 1.29 is 4.39 Å². The van der Waals surface area contributed by atoms with E-state index in [2.05, 4.69) is 12.2 Å². The van der Waals surface area contributed by atoms with E-state index in [1.165, 1.54) is 18.6 Å². The summed E-state index contributed by atoms with van der Waals surface area (Å²) in [5.41, 5.74) is 0.880. The molecule has 18 heavy (non-hydrogen) atoms. The van der Waals surface area contributed by atoms with Crippen LogP contribution in [0.1, 0.15) is 31.7 Å². The van der Waals surface area contributed by atoms with Gasteiger partial charge in [0.25, 0.3) is 0 Å². The topological polar surface area (TPSA) is 35.8 Å². The molecule has 4 heteroatoms. The average molecular weight is 264 g/mol. The lowest BCUT2D eigenvalue weighted by Gasteiger charge is -2.14. The summed E-state index contributed by atoms with van der Waals surface area (Å²) < 4.78 is 13.5. The number of nitrogens with zero attached hydrogens (tertiary/aromatic N) is 1. The zero-order valence-electron chi connectivity index (χ0n) is 10.4. The molecule has 1 N–H and O–H groups in total. The number of nitriles is 1. The van der Waals surface area contributed by atoms with Gasteiger partial charge in [0.1, 0.15) is 11.9 Å². The first-order valence-corrected chi connectivity index (χ1v) is 7.35. The minimum Gasteiger partial charge on any atom is -0.382 e. The van der Waals surface area contributed by atoms with Crippen LogP contribution in [-0.4, -0.2) is 17.0 Å². The van der Waals surface area contributed by atoms with Crippen LogP contribution in [0, 0.1) is 17.1 Å². The second kappa shape index (κ2) is 6.10. The molecule has 0 amide bonds. The van der Waals surface area contributed by atoms with Crippen LogP contribution in [0.5, 0.6) is 0 Å². The summed E-state index contributed by atoms with van der Waals surface area (Å²) in [5.74, 6) is 0.711. The van der Waals surface area contributed by atoms with Gasteiger partial charge in [-0.05, 0) is 43.2 Å². The third-order valence-electron chi connectivity index (χ3n) is 3.25. The van der Waals surface area contributed by atoms with Crippen molar-refractivity contribution in [1.29, 1.82) is 5.26 Å². The van der Waals surface area contributed by atoms with Gasteiger partial charge in [-0.15, -0.1) is 0 Å². The minimum absolute atomic E-state index is 0.103. The molecule has 96 valence electrons. The SMILES string of the molecule is CCSC1CCC(Nc2ccc(C#N)c(F)c2)C1. The minimum atomic E-state index is -0.444. The largest absolute Gasteiger partial charge is 0.382 e. The first kappa shape index (κ1) is 13.2. The van der Waals surface area contributed by atoms with E-state index in [4.69, 9.17) is 5.26 Å². The highest BCUT2D eigenvalue weighted by atomic mass is 32.2. The highest BCUT2D eigenvalue weighted by Crippen LogP contribution is 2.31. The lowest BCUT2D eigenvalue weighted by atomic mass is 10.2. The first-order valence-electron chi connectivity index (χ1n) is 6.30. The maximum absolute atomic E-state index is 13.5. The summed E-state index contributed by atoms with van der Waals surface area (Å²) in [6.45, 7) is 2.18. The average Bonchev–Trinajstić information content (AvgIpc) is 2.77. The van der Waals surface area contributed by atoms with Gasteiger partial charge in [-0.2, -0.15) is 17.0 Å².